The van der Waals surface area contributed by atoms with Crippen LogP contribution in [0.1, 0.15) is 45.4 Å². The van der Waals surface area contributed by atoms with Crippen LogP contribution in [0.4, 0.5) is 0 Å². The molecule has 4 atom stereocenters. The fourth-order valence-electron chi connectivity index (χ4n) is 5.10. The minimum Gasteiger partial charge on any atom is -0.365 e. The molecule has 3 fully saturated rings. The van der Waals surface area contributed by atoms with Gasteiger partial charge in [0, 0.05) is 18.9 Å². The van der Waals surface area contributed by atoms with Crippen molar-refractivity contribution >= 4 is 0 Å². The zero-order valence-corrected chi connectivity index (χ0v) is 11.0. The first-order chi connectivity index (χ1) is 8.05. The Morgan fingerprint density at radius 2 is 1.88 bits per heavy atom. The summed E-state index contributed by atoms with van der Waals surface area (Å²) in [5, 5.41) is 10.8. The second-order valence-electron chi connectivity index (χ2n) is 6.43. The normalized spacial score (nSPS) is 50.4. The van der Waals surface area contributed by atoms with Crippen molar-refractivity contribution in [2.75, 3.05) is 7.11 Å². The van der Waals surface area contributed by atoms with Gasteiger partial charge in [-0.2, -0.15) is 0 Å². The predicted octanol–water partition coefficient (Wildman–Crippen LogP) is 3.11. The van der Waals surface area contributed by atoms with E-state index in [0.29, 0.717) is 5.92 Å². The molecule has 0 aliphatic heterocycles. The van der Waals surface area contributed by atoms with Gasteiger partial charge >= 0.3 is 0 Å². The molecule has 1 N–H and O–H groups in total. The lowest BCUT2D eigenvalue weighted by molar-refractivity contribution is -0.223. The summed E-state index contributed by atoms with van der Waals surface area (Å²) in [5.41, 5.74) is 1.38. The molecule has 0 saturated heterocycles. The number of ether oxygens (including phenoxy) is 1. The Balaban J connectivity index is 1.99. The molecule has 2 bridgehead atoms. The lowest BCUT2D eigenvalue weighted by Gasteiger charge is -2.41. The topological polar surface area (TPSA) is 29.5 Å². The van der Waals surface area contributed by atoms with Crippen LogP contribution in [-0.4, -0.2) is 18.0 Å². The van der Waals surface area contributed by atoms with Crippen molar-refractivity contribution in [3.63, 3.8) is 0 Å². The first kappa shape index (κ1) is 11.7. The van der Waals surface area contributed by atoms with Gasteiger partial charge in [-0.05, 0) is 37.0 Å². The Morgan fingerprint density at radius 3 is 2.41 bits per heavy atom. The van der Waals surface area contributed by atoms with Crippen LogP contribution < -0.4 is 0 Å². The van der Waals surface area contributed by atoms with Crippen molar-refractivity contribution in [1.82, 2.24) is 0 Å². The summed E-state index contributed by atoms with van der Waals surface area (Å²) in [7, 11) is 1.65. The average molecular weight is 236 g/mol. The van der Waals surface area contributed by atoms with Gasteiger partial charge in [-0.25, -0.2) is 0 Å². The van der Waals surface area contributed by atoms with Gasteiger partial charge < -0.3 is 9.84 Å². The van der Waals surface area contributed by atoms with Gasteiger partial charge in [0.05, 0.1) is 0 Å². The van der Waals surface area contributed by atoms with E-state index in [2.05, 4.69) is 13.5 Å². The fourth-order valence-corrected chi connectivity index (χ4v) is 5.10. The summed E-state index contributed by atoms with van der Waals surface area (Å²) < 4.78 is 5.51. The SMILES string of the molecule is C=C1C2CCC(C2(O)OC)C1(C)C1CCCC1. The summed E-state index contributed by atoms with van der Waals surface area (Å²) in [6.07, 6.45) is 7.45. The Hall–Kier alpha value is -0.340. The van der Waals surface area contributed by atoms with Crippen LogP contribution in [0.25, 0.3) is 0 Å². The van der Waals surface area contributed by atoms with E-state index in [4.69, 9.17) is 4.74 Å². The standard InChI is InChI=1S/C15H24O2/c1-10-12-8-9-13(15(12,16)17-3)14(10,2)11-6-4-5-7-11/h11-13,16H,1,4-9H2,2-3H3. The van der Waals surface area contributed by atoms with Crippen LogP contribution in [0.2, 0.25) is 0 Å². The highest BCUT2D eigenvalue weighted by Gasteiger charge is 2.67. The van der Waals surface area contributed by atoms with Crippen molar-refractivity contribution in [1.29, 1.82) is 0 Å². The second kappa shape index (κ2) is 3.58. The molecule has 0 radical (unpaired) electrons. The monoisotopic (exact) mass is 236 g/mol. The third-order valence-electron chi connectivity index (χ3n) is 6.11. The third-order valence-corrected chi connectivity index (χ3v) is 6.11. The number of aliphatic hydroxyl groups is 1. The minimum absolute atomic E-state index is 0.115. The van der Waals surface area contributed by atoms with Crippen LogP contribution in [0.3, 0.4) is 0 Å². The molecule has 0 aromatic heterocycles. The van der Waals surface area contributed by atoms with Crippen molar-refractivity contribution in [3.05, 3.63) is 12.2 Å². The van der Waals surface area contributed by atoms with Gasteiger partial charge in [-0.15, -0.1) is 0 Å². The molecule has 96 valence electrons. The molecular formula is C15H24O2. The highest BCUT2D eigenvalue weighted by molar-refractivity contribution is 5.31. The summed E-state index contributed by atoms with van der Waals surface area (Å²) >= 11 is 0. The second-order valence-corrected chi connectivity index (χ2v) is 6.43. The lowest BCUT2D eigenvalue weighted by Crippen LogP contribution is -2.41. The van der Waals surface area contributed by atoms with E-state index in [-0.39, 0.29) is 17.3 Å². The van der Waals surface area contributed by atoms with Gasteiger partial charge in [-0.3, -0.25) is 0 Å². The predicted molar refractivity (Wildman–Crippen MR) is 67.4 cm³/mol. The van der Waals surface area contributed by atoms with Crippen LogP contribution in [0.15, 0.2) is 12.2 Å². The molecular weight excluding hydrogens is 212 g/mol. The molecule has 2 heteroatoms. The van der Waals surface area contributed by atoms with E-state index < -0.39 is 5.79 Å². The Bertz CT molecular complexity index is 345. The average Bonchev–Trinajstić information content (AvgIpc) is 2.97. The van der Waals surface area contributed by atoms with Crippen molar-refractivity contribution in [3.8, 4) is 0 Å². The van der Waals surface area contributed by atoms with Gasteiger partial charge in [0.1, 0.15) is 0 Å². The van der Waals surface area contributed by atoms with Crippen molar-refractivity contribution in [2.45, 2.75) is 51.2 Å². The molecule has 3 aliphatic carbocycles. The van der Waals surface area contributed by atoms with E-state index >= 15 is 0 Å². The van der Waals surface area contributed by atoms with Crippen LogP contribution in [0, 0.1) is 23.2 Å². The number of rotatable bonds is 2. The zero-order chi connectivity index (χ0) is 12.3. The largest absolute Gasteiger partial charge is 0.365 e. The van der Waals surface area contributed by atoms with E-state index in [1.165, 1.54) is 31.3 Å². The van der Waals surface area contributed by atoms with Crippen molar-refractivity contribution in [2.24, 2.45) is 23.2 Å². The lowest BCUT2D eigenvalue weighted by atomic mass is 9.63. The molecule has 0 spiro atoms. The fraction of sp³-hybridized carbons (Fsp3) is 0.867. The van der Waals surface area contributed by atoms with Gasteiger partial charge in [0.2, 0.25) is 0 Å². The summed E-state index contributed by atoms with van der Waals surface area (Å²) in [5.74, 6) is 0.227. The molecule has 4 unspecified atom stereocenters. The van der Waals surface area contributed by atoms with E-state index in [1.54, 1.807) is 7.11 Å². The summed E-state index contributed by atoms with van der Waals surface area (Å²) in [6.45, 7) is 6.67. The number of hydrogen-bond acceptors (Lipinski definition) is 2. The maximum absolute atomic E-state index is 10.8. The zero-order valence-electron chi connectivity index (χ0n) is 11.0. The van der Waals surface area contributed by atoms with Gasteiger partial charge in [0.25, 0.3) is 0 Å². The first-order valence-electron chi connectivity index (χ1n) is 7.02. The van der Waals surface area contributed by atoms with Gasteiger partial charge in [-0.1, -0.05) is 31.9 Å². The van der Waals surface area contributed by atoms with Gasteiger partial charge in [0.15, 0.2) is 5.79 Å². The maximum Gasteiger partial charge on any atom is 0.175 e. The minimum atomic E-state index is -0.922. The Morgan fingerprint density at radius 1 is 1.24 bits per heavy atom. The van der Waals surface area contributed by atoms with E-state index in [9.17, 15) is 5.11 Å². The molecule has 2 nitrogen and oxygen atoms in total. The molecule has 3 saturated carbocycles. The Labute approximate surface area is 104 Å². The summed E-state index contributed by atoms with van der Waals surface area (Å²) in [4.78, 5) is 0. The summed E-state index contributed by atoms with van der Waals surface area (Å²) in [6, 6.07) is 0. The molecule has 0 aromatic rings. The maximum atomic E-state index is 10.8. The molecule has 3 aliphatic rings. The first-order valence-corrected chi connectivity index (χ1v) is 7.02. The number of methoxy groups -OCH3 is 1. The third kappa shape index (κ3) is 1.23. The molecule has 3 rings (SSSR count). The number of fused-ring (bicyclic) bond motifs is 2. The van der Waals surface area contributed by atoms with Crippen LogP contribution >= 0.6 is 0 Å². The molecule has 0 aromatic carbocycles. The van der Waals surface area contributed by atoms with Crippen LogP contribution in [-0.2, 0) is 4.74 Å². The highest BCUT2D eigenvalue weighted by Crippen LogP contribution is 2.68. The molecule has 0 amide bonds. The van der Waals surface area contributed by atoms with Crippen LogP contribution in [0.5, 0.6) is 0 Å². The van der Waals surface area contributed by atoms with Crippen molar-refractivity contribution < 1.29 is 9.84 Å². The molecule has 0 heterocycles. The number of hydrogen-bond donors (Lipinski definition) is 1. The van der Waals surface area contributed by atoms with E-state index in [1.807, 2.05) is 0 Å². The highest BCUT2D eigenvalue weighted by atomic mass is 16.6. The smallest absolute Gasteiger partial charge is 0.175 e. The Kier molecular flexibility index (Phi) is 2.47. The molecule has 17 heavy (non-hydrogen) atoms. The quantitative estimate of drug-likeness (QED) is 0.589. The van der Waals surface area contributed by atoms with E-state index in [0.717, 1.165) is 12.8 Å².